The highest BCUT2D eigenvalue weighted by Crippen LogP contribution is 2.24. The lowest BCUT2D eigenvalue weighted by Crippen LogP contribution is -2.42. The smallest absolute Gasteiger partial charge is 0.242 e. The Bertz CT molecular complexity index is 583. The van der Waals surface area contributed by atoms with Gasteiger partial charge in [0.1, 0.15) is 4.90 Å². The molecule has 1 aromatic carbocycles. The van der Waals surface area contributed by atoms with Crippen LogP contribution in [0.1, 0.15) is 46.6 Å². The van der Waals surface area contributed by atoms with Crippen LogP contribution >= 0.6 is 11.6 Å². The zero-order valence-corrected chi connectivity index (χ0v) is 14.9. The Hall–Kier alpha value is -0.620. The summed E-state index contributed by atoms with van der Waals surface area (Å²) in [6.07, 6.45) is 0.693. The Labute approximate surface area is 133 Å². The van der Waals surface area contributed by atoms with Gasteiger partial charge in [0.15, 0.2) is 0 Å². The van der Waals surface area contributed by atoms with Crippen molar-refractivity contribution in [2.75, 3.05) is 0 Å². The maximum Gasteiger partial charge on any atom is 0.242 e. The molecule has 2 N–H and O–H groups in total. The van der Waals surface area contributed by atoms with Gasteiger partial charge in [-0.15, -0.1) is 0 Å². The first-order valence-corrected chi connectivity index (χ1v) is 8.99. The molecule has 0 unspecified atom stereocenters. The second kappa shape index (κ2) is 7.09. The molecule has 0 saturated heterocycles. The number of hydrogen-bond acceptors (Lipinski definition) is 3. The molecule has 0 aliphatic heterocycles. The van der Waals surface area contributed by atoms with Crippen LogP contribution in [0.25, 0.3) is 0 Å². The molecule has 0 atom stereocenters. The van der Waals surface area contributed by atoms with E-state index in [4.69, 9.17) is 11.6 Å². The standard InChI is InChI=1S/C15H25ClN2O2S/c1-6-15(4,5)18-21(19,20)14-9-12(7-8-13(14)16)10-17-11(2)3/h7-9,11,17-18H,6,10H2,1-5H3. The van der Waals surface area contributed by atoms with Crippen LogP contribution in [0.3, 0.4) is 0 Å². The molecule has 120 valence electrons. The van der Waals surface area contributed by atoms with Crippen LogP contribution in [0.4, 0.5) is 0 Å². The van der Waals surface area contributed by atoms with Crippen LogP contribution in [0.15, 0.2) is 23.1 Å². The topological polar surface area (TPSA) is 58.2 Å². The highest BCUT2D eigenvalue weighted by Gasteiger charge is 2.26. The van der Waals surface area contributed by atoms with E-state index in [0.29, 0.717) is 19.0 Å². The van der Waals surface area contributed by atoms with Crippen LogP contribution < -0.4 is 10.0 Å². The van der Waals surface area contributed by atoms with Crippen LogP contribution in [-0.2, 0) is 16.6 Å². The van der Waals surface area contributed by atoms with Crippen molar-refractivity contribution in [1.82, 2.24) is 10.0 Å². The van der Waals surface area contributed by atoms with Crippen molar-refractivity contribution in [2.45, 2.75) is 64.1 Å². The molecule has 0 amide bonds. The number of benzene rings is 1. The maximum absolute atomic E-state index is 12.5. The largest absolute Gasteiger partial charge is 0.310 e. The third kappa shape index (κ3) is 5.58. The predicted molar refractivity (Wildman–Crippen MR) is 88.1 cm³/mol. The fourth-order valence-corrected chi connectivity index (χ4v) is 3.71. The fourth-order valence-electron chi connectivity index (χ4n) is 1.68. The average molecular weight is 333 g/mol. The number of hydrogen-bond donors (Lipinski definition) is 2. The number of rotatable bonds is 7. The Morgan fingerprint density at radius 1 is 1.29 bits per heavy atom. The van der Waals surface area contributed by atoms with Gasteiger partial charge in [0.2, 0.25) is 10.0 Å². The lowest BCUT2D eigenvalue weighted by molar-refractivity contribution is 0.439. The summed E-state index contributed by atoms with van der Waals surface area (Å²) in [6, 6.07) is 5.43. The van der Waals surface area contributed by atoms with Crippen molar-refractivity contribution in [2.24, 2.45) is 0 Å². The zero-order chi connectivity index (χ0) is 16.3. The van der Waals surface area contributed by atoms with Crippen LogP contribution in [0.5, 0.6) is 0 Å². The van der Waals surface area contributed by atoms with Crippen molar-refractivity contribution in [3.8, 4) is 0 Å². The summed E-state index contributed by atoms with van der Waals surface area (Å²) in [6.45, 7) is 10.3. The van der Waals surface area contributed by atoms with E-state index in [1.54, 1.807) is 12.1 Å². The molecule has 1 rings (SSSR count). The molecule has 0 radical (unpaired) electrons. The highest BCUT2D eigenvalue weighted by molar-refractivity contribution is 7.89. The van der Waals surface area contributed by atoms with Gasteiger partial charge in [-0.25, -0.2) is 13.1 Å². The van der Waals surface area contributed by atoms with E-state index in [-0.39, 0.29) is 9.92 Å². The molecule has 0 saturated carbocycles. The van der Waals surface area contributed by atoms with Gasteiger partial charge in [0.25, 0.3) is 0 Å². The van der Waals surface area contributed by atoms with Crippen LogP contribution in [0.2, 0.25) is 5.02 Å². The summed E-state index contributed by atoms with van der Waals surface area (Å²) in [5.41, 5.74) is 0.386. The SMILES string of the molecule is CCC(C)(C)NS(=O)(=O)c1cc(CNC(C)C)ccc1Cl. The zero-order valence-electron chi connectivity index (χ0n) is 13.3. The van der Waals surface area contributed by atoms with Gasteiger partial charge in [-0.3, -0.25) is 0 Å². The van der Waals surface area contributed by atoms with Gasteiger partial charge in [-0.05, 0) is 38.0 Å². The van der Waals surface area contributed by atoms with Crippen molar-refractivity contribution >= 4 is 21.6 Å². The average Bonchev–Trinajstić information content (AvgIpc) is 2.36. The molecular formula is C15H25ClN2O2S. The fraction of sp³-hybridized carbons (Fsp3) is 0.600. The quantitative estimate of drug-likeness (QED) is 0.805. The van der Waals surface area contributed by atoms with Gasteiger partial charge >= 0.3 is 0 Å². The number of sulfonamides is 1. The molecule has 0 bridgehead atoms. The first kappa shape index (κ1) is 18.4. The molecule has 0 aliphatic rings. The lowest BCUT2D eigenvalue weighted by Gasteiger charge is -2.24. The first-order chi connectivity index (χ1) is 9.57. The Balaban J connectivity index is 3.08. The first-order valence-electron chi connectivity index (χ1n) is 7.13. The summed E-state index contributed by atoms with van der Waals surface area (Å²) in [7, 11) is -3.63. The Morgan fingerprint density at radius 2 is 1.90 bits per heavy atom. The molecule has 6 heteroatoms. The summed E-state index contributed by atoms with van der Waals surface area (Å²) in [5.74, 6) is 0. The minimum Gasteiger partial charge on any atom is -0.310 e. The second-order valence-electron chi connectivity index (χ2n) is 6.14. The monoisotopic (exact) mass is 332 g/mol. The molecular weight excluding hydrogens is 308 g/mol. The van der Waals surface area contributed by atoms with Crippen LogP contribution in [-0.4, -0.2) is 20.0 Å². The third-order valence-electron chi connectivity index (χ3n) is 3.29. The molecule has 21 heavy (non-hydrogen) atoms. The Morgan fingerprint density at radius 3 is 2.43 bits per heavy atom. The molecule has 0 aromatic heterocycles. The van der Waals surface area contributed by atoms with Gasteiger partial charge in [-0.1, -0.05) is 38.4 Å². The predicted octanol–water partition coefficient (Wildman–Crippen LogP) is 3.30. The van der Waals surface area contributed by atoms with E-state index in [2.05, 4.69) is 10.0 Å². The molecule has 4 nitrogen and oxygen atoms in total. The third-order valence-corrected chi connectivity index (χ3v) is 5.47. The number of halogens is 1. The van der Waals surface area contributed by atoms with E-state index >= 15 is 0 Å². The van der Waals surface area contributed by atoms with Gasteiger partial charge < -0.3 is 5.32 Å². The van der Waals surface area contributed by atoms with Crippen molar-refractivity contribution in [1.29, 1.82) is 0 Å². The maximum atomic E-state index is 12.5. The van der Waals surface area contributed by atoms with E-state index < -0.39 is 15.6 Å². The highest BCUT2D eigenvalue weighted by atomic mass is 35.5. The Kier molecular flexibility index (Phi) is 6.23. The molecule has 0 aliphatic carbocycles. The van der Waals surface area contributed by atoms with Crippen molar-refractivity contribution < 1.29 is 8.42 Å². The second-order valence-corrected chi connectivity index (χ2v) is 8.20. The van der Waals surface area contributed by atoms with Gasteiger partial charge in [-0.2, -0.15) is 0 Å². The summed E-state index contributed by atoms with van der Waals surface area (Å²) in [5, 5.41) is 3.50. The van der Waals surface area contributed by atoms with E-state index in [9.17, 15) is 8.42 Å². The molecule has 1 aromatic rings. The molecule has 0 spiro atoms. The van der Waals surface area contributed by atoms with Crippen molar-refractivity contribution in [3.05, 3.63) is 28.8 Å². The van der Waals surface area contributed by atoms with E-state index in [1.807, 2.05) is 40.7 Å². The lowest BCUT2D eigenvalue weighted by atomic mass is 10.0. The minimum absolute atomic E-state index is 0.133. The summed E-state index contributed by atoms with van der Waals surface area (Å²) < 4.78 is 27.7. The molecule has 0 heterocycles. The van der Waals surface area contributed by atoms with Gasteiger partial charge in [0, 0.05) is 18.1 Å². The number of nitrogens with one attached hydrogen (secondary N) is 2. The minimum atomic E-state index is -3.63. The van der Waals surface area contributed by atoms with Crippen molar-refractivity contribution in [3.63, 3.8) is 0 Å². The van der Waals surface area contributed by atoms with E-state index in [1.165, 1.54) is 0 Å². The summed E-state index contributed by atoms with van der Waals surface area (Å²) >= 11 is 6.08. The normalized spacial score (nSPS) is 12.9. The molecule has 0 fully saturated rings. The van der Waals surface area contributed by atoms with Gasteiger partial charge in [0.05, 0.1) is 5.02 Å². The summed E-state index contributed by atoms with van der Waals surface area (Å²) in [4.78, 5) is 0.133. The van der Waals surface area contributed by atoms with E-state index in [0.717, 1.165) is 5.56 Å². The van der Waals surface area contributed by atoms with Crippen LogP contribution in [0, 0.1) is 0 Å².